The number of methoxy groups -OCH3 is 1. The number of aromatic amines is 1. The highest BCUT2D eigenvalue weighted by molar-refractivity contribution is 5.98. The van der Waals surface area contributed by atoms with Crippen LogP contribution >= 0.6 is 0 Å². The van der Waals surface area contributed by atoms with Crippen LogP contribution in [0.25, 0.3) is 10.9 Å². The van der Waals surface area contributed by atoms with Crippen molar-refractivity contribution in [1.29, 1.82) is 0 Å². The fourth-order valence-corrected chi connectivity index (χ4v) is 4.17. The van der Waals surface area contributed by atoms with Crippen LogP contribution in [-0.4, -0.2) is 41.8 Å². The van der Waals surface area contributed by atoms with Gasteiger partial charge in [0.1, 0.15) is 5.75 Å². The van der Waals surface area contributed by atoms with E-state index in [2.05, 4.69) is 11.1 Å². The van der Waals surface area contributed by atoms with Crippen molar-refractivity contribution in [1.82, 2.24) is 9.88 Å². The second kappa shape index (κ2) is 8.52. The lowest BCUT2D eigenvalue weighted by molar-refractivity contribution is -0.132. The number of likely N-dealkylation sites (tertiary alicyclic amines) is 1. The average molecular weight is 390 g/mol. The molecule has 0 spiro atoms. The number of Topliss-reactive ketones (excluding diaryl/α,β-unsaturated/α-hetero) is 1. The summed E-state index contributed by atoms with van der Waals surface area (Å²) in [4.78, 5) is 30.9. The van der Waals surface area contributed by atoms with Crippen LogP contribution in [0.1, 0.15) is 35.2 Å². The van der Waals surface area contributed by atoms with Gasteiger partial charge in [0.05, 0.1) is 7.11 Å². The highest BCUT2D eigenvalue weighted by Crippen LogP contribution is 2.24. The van der Waals surface area contributed by atoms with Gasteiger partial charge < -0.3 is 14.6 Å². The van der Waals surface area contributed by atoms with Gasteiger partial charge in [-0.1, -0.05) is 30.3 Å². The number of H-pyrrole nitrogens is 1. The van der Waals surface area contributed by atoms with Gasteiger partial charge in [-0.25, -0.2) is 0 Å². The first-order valence-electron chi connectivity index (χ1n) is 10.2. The van der Waals surface area contributed by atoms with E-state index in [4.69, 9.17) is 4.74 Å². The highest BCUT2D eigenvalue weighted by Gasteiger charge is 2.29. The summed E-state index contributed by atoms with van der Waals surface area (Å²) < 4.78 is 5.23. The molecule has 0 bridgehead atoms. The summed E-state index contributed by atoms with van der Waals surface area (Å²) in [5.74, 6) is 0.752. The van der Waals surface area contributed by atoms with Crippen LogP contribution in [0.15, 0.2) is 54.7 Å². The van der Waals surface area contributed by atoms with Crippen molar-refractivity contribution in [2.24, 2.45) is 5.92 Å². The van der Waals surface area contributed by atoms with Gasteiger partial charge in [-0.2, -0.15) is 0 Å². The molecule has 1 atom stereocenters. The Labute approximate surface area is 170 Å². The van der Waals surface area contributed by atoms with Crippen molar-refractivity contribution >= 4 is 22.6 Å². The smallest absolute Gasteiger partial charge is 0.222 e. The molecule has 29 heavy (non-hydrogen) atoms. The highest BCUT2D eigenvalue weighted by atomic mass is 16.5. The summed E-state index contributed by atoms with van der Waals surface area (Å²) in [5, 5.41) is 1.17. The Bertz CT molecular complexity index is 1020. The number of nitrogens with one attached hydrogen (secondary N) is 1. The van der Waals surface area contributed by atoms with Crippen LogP contribution in [0, 0.1) is 5.92 Å². The molecule has 1 aromatic heterocycles. The van der Waals surface area contributed by atoms with Crippen LogP contribution in [-0.2, 0) is 11.2 Å². The van der Waals surface area contributed by atoms with Gasteiger partial charge in [-0.05, 0) is 43.0 Å². The third-order valence-electron chi connectivity index (χ3n) is 5.78. The Balaban J connectivity index is 1.38. The Morgan fingerprint density at radius 2 is 2.03 bits per heavy atom. The molecule has 0 radical (unpaired) electrons. The standard InChI is InChI=1S/C24H26N2O3/c1-29-20-8-4-6-17(14-20)24(28)19-7-5-13-26(16-19)23(27)12-11-18-15-25-22-10-3-2-9-21(18)22/h2-4,6,8-10,14-15,19,25H,5,7,11-13,16H2,1H3/t19-/m1/s1. The van der Waals surface area contributed by atoms with Crippen LogP contribution in [0.2, 0.25) is 0 Å². The van der Waals surface area contributed by atoms with E-state index >= 15 is 0 Å². The van der Waals surface area contributed by atoms with Crippen molar-refractivity contribution in [3.8, 4) is 5.75 Å². The number of rotatable bonds is 6. The van der Waals surface area contributed by atoms with Crippen LogP contribution in [0.3, 0.4) is 0 Å². The summed E-state index contributed by atoms with van der Waals surface area (Å²) in [7, 11) is 1.60. The Morgan fingerprint density at radius 1 is 1.17 bits per heavy atom. The van der Waals surface area contributed by atoms with Crippen molar-refractivity contribution in [3.63, 3.8) is 0 Å². The van der Waals surface area contributed by atoms with Crippen LogP contribution < -0.4 is 4.74 Å². The quantitative estimate of drug-likeness (QED) is 0.641. The van der Waals surface area contributed by atoms with Gasteiger partial charge in [0.15, 0.2) is 5.78 Å². The van der Waals surface area contributed by atoms with Gasteiger partial charge in [-0.15, -0.1) is 0 Å². The number of nitrogens with zero attached hydrogens (tertiary/aromatic N) is 1. The normalized spacial score (nSPS) is 16.7. The Morgan fingerprint density at radius 3 is 2.90 bits per heavy atom. The molecule has 150 valence electrons. The largest absolute Gasteiger partial charge is 0.497 e. The Kier molecular flexibility index (Phi) is 5.65. The minimum absolute atomic E-state index is 0.0954. The number of benzene rings is 2. The molecular weight excluding hydrogens is 364 g/mol. The molecule has 3 aromatic rings. The first-order chi connectivity index (χ1) is 14.2. The predicted octanol–water partition coefficient (Wildman–Crippen LogP) is 4.23. The first kappa shape index (κ1) is 19.2. The summed E-state index contributed by atoms with van der Waals surface area (Å²) in [6, 6.07) is 15.4. The van der Waals surface area contributed by atoms with Gasteiger partial charge in [0.2, 0.25) is 5.91 Å². The number of carbonyl (C=O) groups is 2. The van der Waals surface area contributed by atoms with Crippen LogP contribution in [0.5, 0.6) is 5.75 Å². The number of ketones is 1. The second-order valence-corrected chi connectivity index (χ2v) is 7.63. The van der Waals surface area contributed by atoms with E-state index in [0.717, 1.165) is 30.5 Å². The molecule has 1 amide bonds. The molecule has 5 heteroatoms. The number of hydrogen-bond donors (Lipinski definition) is 1. The number of aryl methyl sites for hydroxylation is 1. The monoisotopic (exact) mass is 390 g/mol. The molecule has 1 N–H and O–H groups in total. The third-order valence-corrected chi connectivity index (χ3v) is 5.78. The zero-order valence-corrected chi connectivity index (χ0v) is 16.7. The Hall–Kier alpha value is -3.08. The maximum atomic E-state index is 12.9. The molecule has 1 aliphatic rings. The predicted molar refractivity (Wildman–Crippen MR) is 113 cm³/mol. The van der Waals surface area contributed by atoms with Gasteiger partial charge in [0, 0.05) is 48.1 Å². The third kappa shape index (κ3) is 4.19. The van der Waals surface area contributed by atoms with Crippen molar-refractivity contribution < 1.29 is 14.3 Å². The van der Waals surface area contributed by atoms with Gasteiger partial charge >= 0.3 is 0 Å². The van der Waals surface area contributed by atoms with E-state index < -0.39 is 0 Å². The fraction of sp³-hybridized carbons (Fsp3) is 0.333. The lowest BCUT2D eigenvalue weighted by atomic mass is 9.89. The maximum absolute atomic E-state index is 12.9. The van der Waals surface area contributed by atoms with Crippen molar-refractivity contribution in [2.75, 3.05) is 20.2 Å². The van der Waals surface area contributed by atoms with E-state index in [1.165, 1.54) is 5.39 Å². The molecule has 1 saturated heterocycles. The average Bonchev–Trinajstić information content (AvgIpc) is 3.20. The molecule has 5 nitrogen and oxygen atoms in total. The SMILES string of the molecule is COc1cccc(C(=O)[C@@H]2CCCN(C(=O)CCc3c[nH]c4ccccc34)C2)c1. The molecule has 2 aromatic carbocycles. The topological polar surface area (TPSA) is 62.4 Å². The van der Waals surface area contributed by atoms with Crippen LogP contribution in [0.4, 0.5) is 0 Å². The second-order valence-electron chi connectivity index (χ2n) is 7.63. The van der Waals surface area contributed by atoms with E-state index in [9.17, 15) is 9.59 Å². The number of amides is 1. The lowest BCUT2D eigenvalue weighted by Crippen LogP contribution is -2.42. The number of fused-ring (bicyclic) bond motifs is 1. The maximum Gasteiger partial charge on any atom is 0.222 e. The molecule has 2 heterocycles. The molecule has 1 fully saturated rings. The van der Waals surface area contributed by atoms with Gasteiger partial charge in [-0.3, -0.25) is 9.59 Å². The van der Waals surface area contributed by atoms with E-state index in [-0.39, 0.29) is 17.6 Å². The zero-order valence-electron chi connectivity index (χ0n) is 16.7. The first-order valence-corrected chi connectivity index (χ1v) is 10.2. The number of ether oxygens (including phenoxy) is 1. The lowest BCUT2D eigenvalue weighted by Gasteiger charge is -2.32. The molecule has 0 saturated carbocycles. The molecule has 4 rings (SSSR count). The number of aromatic nitrogens is 1. The van der Waals surface area contributed by atoms with Crippen molar-refractivity contribution in [3.05, 3.63) is 65.9 Å². The summed E-state index contributed by atoms with van der Waals surface area (Å²) in [5.41, 5.74) is 2.91. The number of hydrogen-bond acceptors (Lipinski definition) is 3. The number of piperidine rings is 1. The molecule has 1 aliphatic heterocycles. The fourth-order valence-electron chi connectivity index (χ4n) is 4.17. The summed E-state index contributed by atoms with van der Waals surface area (Å²) in [6.45, 7) is 1.23. The number of para-hydroxylation sites is 1. The summed E-state index contributed by atoms with van der Waals surface area (Å²) in [6.07, 6.45) is 4.83. The zero-order chi connectivity index (χ0) is 20.2. The molecule has 0 unspecified atom stereocenters. The van der Waals surface area contributed by atoms with Crippen molar-refractivity contribution in [2.45, 2.75) is 25.7 Å². The number of carbonyl (C=O) groups excluding carboxylic acids is 2. The van der Waals surface area contributed by atoms with E-state index in [1.807, 2.05) is 47.5 Å². The van der Waals surface area contributed by atoms with Gasteiger partial charge in [0.25, 0.3) is 0 Å². The van der Waals surface area contributed by atoms with E-state index in [1.54, 1.807) is 13.2 Å². The molecular formula is C24H26N2O3. The van der Waals surface area contributed by atoms with E-state index in [0.29, 0.717) is 30.7 Å². The minimum atomic E-state index is -0.145. The minimum Gasteiger partial charge on any atom is -0.497 e. The molecule has 0 aliphatic carbocycles. The summed E-state index contributed by atoms with van der Waals surface area (Å²) >= 11 is 0.